The van der Waals surface area contributed by atoms with Crippen LogP contribution < -0.4 is 10.9 Å². The van der Waals surface area contributed by atoms with Crippen LogP contribution in [0.5, 0.6) is 0 Å². The number of hydrogen-bond donors (Lipinski definition) is 2. The number of halogens is 1. The van der Waals surface area contributed by atoms with E-state index in [0.717, 1.165) is 20.9 Å². The molecule has 0 saturated heterocycles. The highest BCUT2D eigenvalue weighted by Gasteiger charge is 2.10. The van der Waals surface area contributed by atoms with Crippen LogP contribution in [-0.4, -0.2) is 16.8 Å². The molecule has 1 aromatic heterocycles. The Bertz CT molecular complexity index is 894. The van der Waals surface area contributed by atoms with E-state index in [1.807, 2.05) is 54.6 Å². The third kappa shape index (κ3) is 3.97. The number of pyridine rings is 1. The van der Waals surface area contributed by atoms with Crippen LogP contribution in [0.15, 0.2) is 65.1 Å². The van der Waals surface area contributed by atoms with Crippen LogP contribution in [0.1, 0.15) is 16.1 Å². The summed E-state index contributed by atoms with van der Waals surface area (Å²) in [7, 11) is 0. The number of amides is 2. The molecule has 2 amide bonds. The van der Waals surface area contributed by atoms with Crippen molar-refractivity contribution in [1.82, 2.24) is 15.8 Å². The Labute approximate surface area is 147 Å². The highest BCUT2D eigenvalue weighted by Crippen LogP contribution is 2.12. The molecule has 0 aliphatic carbocycles. The predicted molar refractivity (Wildman–Crippen MR) is 95.2 cm³/mol. The number of rotatable bonds is 3. The number of carbonyl (C=O) groups is 2. The van der Waals surface area contributed by atoms with Crippen LogP contribution in [0.25, 0.3) is 10.9 Å². The SMILES string of the molecule is O=C(Cc1ccc(Br)cc1)NNC(=O)c1ccc2ccccc2n1. The Balaban J connectivity index is 1.59. The summed E-state index contributed by atoms with van der Waals surface area (Å²) in [6.45, 7) is 0. The molecular formula is C18H14BrN3O2. The van der Waals surface area contributed by atoms with Gasteiger partial charge in [0.25, 0.3) is 5.91 Å². The van der Waals surface area contributed by atoms with Gasteiger partial charge in [0.05, 0.1) is 11.9 Å². The maximum absolute atomic E-state index is 12.1. The number of hydrogen-bond acceptors (Lipinski definition) is 3. The van der Waals surface area contributed by atoms with Gasteiger partial charge in [-0.1, -0.05) is 52.3 Å². The topological polar surface area (TPSA) is 71.1 Å². The third-order valence-corrected chi connectivity index (χ3v) is 3.95. The standard InChI is InChI=1S/C18H14BrN3O2/c19-14-8-5-12(6-9-14)11-17(23)21-22-18(24)16-10-7-13-3-1-2-4-15(13)20-16/h1-10H,11H2,(H,21,23)(H,22,24). The van der Waals surface area contributed by atoms with Crippen molar-refractivity contribution in [2.24, 2.45) is 0 Å². The Hall–Kier alpha value is -2.73. The molecule has 0 spiro atoms. The number of carbonyl (C=O) groups excluding carboxylic acids is 2. The fraction of sp³-hybridized carbons (Fsp3) is 0.0556. The largest absolute Gasteiger partial charge is 0.288 e. The van der Waals surface area contributed by atoms with Crippen molar-refractivity contribution < 1.29 is 9.59 Å². The molecule has 1 heterocycles. The van der Waals surface area contributed by atoms with E-state index >= 15 is 0 Å². The summed E-state index contributed by atoms with van der Waals surface area (Å²) in [5, 5.41) is 0.952. The fourth-order valence-corrected chi connectivity index (χ4v) is 2.48. The molecule has 0 radical (unpaired) electrons. The van der Waals surface area contributed by atoms with Gasteiger partial charge in [0.2, 0.25) is 5.91 Å². The summed E-state index contributed by atoms with van der Waals surface area (Å²) in [6.07, 6.45) is 0.179. The molecule has 5 nitrogen and oxygen atoms in total. The summed E-state index contributed by atoms with van der Waals surface area (Å²) < 4.78 is 0.947. The molecular weight excluding hydrogens is 370 g/mol. The van der Waals surface area contributed by atoms with Crippen LogP contribution >= 0.6 is 15.9 Å². The van der Waals surface area contributed by atoms with E-state index in [9.17, 15) is 9.59 Å². The first-order valence-corrected chi connectivity index (χ1v) is 8.10. The molecule has 3 aromatic rings. The summed E-state index contributed by atoms with van der Waals surface area (Å²) in [5.41, 5.74) is 6.62. The second-order valence-corrected chi connectivity index (χ2v) is 6.11. The van der Waals surface area contributed by atoms with Gasteiger partial charge in [-0.25, -0.2) is 4.98 Å². The minimum absolute atomic E-state index is 0.179. The van der Waals surface area contributed by atoms with Gasteiger partial charge in [-0.05, 0) is 29.8 Å². The number of benzene rings is 2. The van der Waals surface area contributed by atoms with Crippen LogP contribution in [0.3, 0.4) is 0 Å². The third-order valence-electron chi connectivity index (χ3n) is 3.42. The number of fused-ring (bicyclic) bond motifs is 1. The van der Waals surface area contributed by atoms with Crippen molar-refractivity contribution in [3.05, 3.63) is 76.4 Å². The van der Waals surface area contributed by atoms with Gasteiger partial charge in [-0.2, -0.15) is 0 Å². The highest BCUT2D eigenvalue weighted by atomic mass is 79.9. The molecule has 0 bridgehead atoms. The average Bonchev–Trinajstić information content (AvgIpc) is 2.61. The maximum Gasteiger partial charge on any atom is 0.288 e. The molecule has 0 aliphatic rings. The van der Waals surface area contributed by atoms with Gasteiger partial charge in [0, 0.05) is 9.86 Å². The van der Waals surface area contributed by atoms with E-state index in [-0.39, 0.29) is 18.0 Å². The van der Waals surface area contributed by atoms with Crippen molar-refractivity contribution in [2.75, 3.05) is 0 Å². The monoisotopic (exact) mass is 383 g/mol. The highest BCUT2D eigenvalue weighted by molar-refractivity contribution is 9.10. The normalized spacial score (nSPS) is 10.4. The van der Waals surface area contributed by atoms with Gasteiger partial charge in [-0.15, -0.1) is 0 Å². The van der Waals surface area contributed by atoms with Gasteiger partial charge >= 0.3 is 0 Å². The quantitative estimate of drug-likeness (QED) is 0.682. The molecule has 6 heteroatoms. The van der Waals surface area contributed by atoms with Crippen LogP contribution in [0.4, 0.5) is 0 Å². The lowest BCUT2D eigenvalue weighted by Crippen LogP contribution is -2.42. The van der Waals surface area contributed by atoms with Crippen LogP contribution in [-0.2, 0) is 11.2 Å². The predicted octanol–water partition coefficient (Wildman–Crippen LogP) is 3.00. The number of hydrazine groups is 1. The lowest BCUT2D eigenvalue weighted by atomic mass is 10.1. The Kier molecular flexibility index (Phi) is 4.86. The maximum atomic E-state index is 12.1. The fourth-order valence-electron chi connectivity index (χ4n) is 2.21. The summed E-state index contributed by atoms with van der Waals surface area (Å²) in [4.78, 5) is 28.3. The van der Waals surface area contributed by atoms with Crippen molar-refractivity contribution in [2.45, 2.75) is 6.42 Å². The van der Waals surface area contributed by atoms with E-state index in [1.165, 1.54) is 0 Å². The molecule has 2 N–H and O–H groups in total. The first kappa shape index (κ1) is 16.1. The first-order chi connectivity index (χ1) is 11.6. The molecule has 120 valence electrons. The van der Waals surface area contributed by atoms with Crippen molar-refractivity contribution >= 4 is 38.6 Å². The van der Waals surface area contributed by atoms with E-state index in [2.05, 4.69) is 31.8 Å². The smallest absolute Gasteiger partial charge is 0.273 e. The minimum atomic E-state index is -0.454. The Morgan fingerprint density at radius 1 is 0.917 bits per heavy atom. The summed E-state index contributed by atoms with van der Waals surface area (Å²) >= 11 is 3.34. The van der Waals surface area contributed by atoms with Crippen LogP contribution in [0, 0.1) is 0 Å². The minimum Gasteiger partial charge on any atom is -0.273 e. The van der Waals surface area contributed by atoms with E-state index in [0.29, 0.717) is 0 Å². The zero-order chi connectivity index (χ0) is 16.9. The molecule has 0 atom stereocenters. The van der Waals surface area contributed by atoms with Gasteiger partial charge in [0.1, 0.15) is 5.69 Å². The van der Waals surface area contributed by atoms with Gasteiger partial charge < -0.3 is 0 Å². The zero-order valence-electron chi connectivity index (χ0n) is 12.6. The Morgan fingerprint density at radius 2 is 1.67 bits per heavy atom. The number of para-hydroxylation sites is 1. The zero-order valence-corrected chi connectivity index (χ0v) is 14.2. The number of aromatic nitrogens is 1. The number of nitrogens with zero attached hydrogens (tertiary/aromatic N) is 1. The number of nitrogens with one attached hydrogen (secondary N) is 2. The summed E-state index contributed by atoms with van der Waals surface area (Å²) in [6, 6.07) is 18.4. The van der Waals surface area contributed by atoms with Crippen molar-refractivity contribution in [1.29, 1.82) is 0 Å². The van der Waals surface area contributed by atoms with Gasteiger partial charge in [0.15, 0.2) is 0 Å². The first-order valence-electron chi connectivity index (χ1n) is 7.31. The second kappa shape index (κ2) is 7.23. The molecule has 24 heavy (non-hydrogen) atoms. The Morgan fingerprint density at radius 3 is 2.46 bits per heavy atom. The molecule has 0 fully saturated rings. The molecule has 0 aliphatic heterocycles. The lowest BCUT2D eigenvalue weighted by molar-refractivity contribution is -0.121. The summed E-state index contributed by atoms with van der Waals surface area (Å²) in [5.74, 6) is -0.753. The van der Waals surface area contributed by atoms with Crippen LogP contribution in [0.2, 0.25) is 0 Å². The van der Waals surface area contributed by atoms with E-state index in [4.69, 9.17) is 0 Å². The molecule has 0 saturated carbocycles. The van der Waals surface area contributed by atoms with E-state index < -0.39 is 5.91 Å². The molecule has 3 rings (SSSR count). The van der Waals surface area contributed by atoms with Crippen molar-refractivity contribution in [3.63, 3.8) is 0 Å². The van der Waals surface area contributed by atoms with E-state index in [1.54, 1.807) is 6.07 Å². The molecule has 2 aromatic carbocycles. The average molecular weight is 384 g/mol. The van der Waals surface area contributed by atoms with Crippen molar-refractivity contribution in [3.8, 4) is 0 Å². The van der Waals surface area contributed by atoms with Gasteiger partial charge in [-0.3, -0.25) is 20.4 Å². The lowest BCUT2D eigenvalue weighted by Gasteiger charge is -2.08. The molecule has 0 unspecified atom stereocenters. The second-order valence-electron chi connectivity index (χ2n) is 5.19.